The molecule has 40 heavy (non-hydrogen) atoms. The minimum Gasteiger partial charge on any atom is -0.485 e. The van der Waals surface area contributed by atoms with Crippen LogP contribution in [0.2, 0.25) is 0 Å². The van der Waals surface area contributed by atoms with Crippen LogP contribution in [0, 0.1) is 24.5 Å². The second-order valence-electron chi connectivity index (χ2n) is 10.5. The van der Waals surface area contributed by atoms with E-state index in [9.17, 15) is 18.7 Å². The SMILES string of the molecule is CC(=O)/C(Cl)=C(\C=C(\C)CCc1cc(N=C(/C=C(\N)C(C)(C)O)C2CC2)ncc1C)OCc1ncc(F)cc1F. The van der Waals surface area contributed by atoms with Gasteiger partial charge in [0, 0.05) is 36.5 Å². The van der Waals surface area contributed by atoms with Crippen molar-refractivity contribution in [3.8, 4) is 0 Å². The Morgan fingerprint density at radius 3 is 2.52 bits per heavy atom. The van der Waals surface area contributed by atoms with Crippen molar-refractivity contribution in [3.05, 3.63) is 87.2 Å². The number of ether oxygens (including phenoxy) is 1. The Bertz CT molecular complexity index is 1390. The molecule has 0 atom stereocenters. The summed E-state index contributed by atoms with van der Waals surface area (Å²) in [7, 11) is 0. The highest BCUT2D eigenvalue weighted by atomic mass is 35.5. The third-order valence-corrected chi connectivity index (χ3v) is 6.84. The Labute approximate surface area is 238 Å². The van der Waals surface area contributed by atoms with Gasteiger partial charge in [-0.15, -0.1) is 0 Å². The van der Waals surface area contributed by atoms with Gasteiger partial charge in [0.15, 0.2) is 17.4 Å². The van der Waals surface area contributed by atoms with Crippen molar-refractivity contribution in [1.29, 1.82) is 0 Å². The molecule has 2 aromatic rings. The van der Waals surface area contributed by atoms with E-state index in [1.807, 2.05) is 19.9 Å². The lowest BCUT2D eigenvalue weighted by Crippen LogP contribution is -2.28. The second kappa shape index (κ2) is 13.3. The van der Waals surface area contributed by atoms with E-state index in [0.717, 1.165) is 41.5 Å². The number of pyridine rings is 2. The van der Waals surface area contributed by atoms with Crippen LogP contribution in [0.1, 0.15) is 63.8 Å². The Balaban J connectivity index is 1.77. The van der Waals surface area contributed by atoms with Gasteiger partial charge in [-0.25, -0.2) is 18.8 Å². The van der Waals surface area contributed by atoms with Gasteiger partial charge in [-0.05, 0) is 82.7 Å². The number of rotatable bonds is 12. The molecule has 7 nitrogen and oxygen atoms in total. The van der Waals surface area contributed by atoms with Crippen LogP contribution >= 0.6 is 11.6 Å². The van der Waals surface area contributed by atoms with E-state index in [2.05, 4.69) is 9.97 Å². The van der Waals surface area contributed by atoms with E-state index in [4.69, 9.17) is 27.1 Å². The van der Waals surface area contributed by atoms with Crippen molar-refractivity contribution in [1.82, 2.24) is 9.97 Å². The predicted molar refractivity (Wildman–Crippen MR) is 152 cm³/mol. The van der Waals surface area contributed by atoms with Crippen LogP contribution in [0.3, 0.4) is 0 Å². The normalized spacial score (nSPS) is 15.7. The van der Waals surface area contributed by atoms with Crippen LogP contribution in [0.25, 0.3) is 0 Å². The first-order chi connectivity index (χ1) is 18.7. The molecule has 0 bridgehead atoms. The van der Waals surface area contributed by atoms with Crippen LogP contribution in [-0.2, 0) is 22.6 Å². The average Bonchev–Trinajstić information content (AvgIpc) is 3.71. The molecule has 0 amide bonds. The van der Waals surface area contributed by atoms with Crippen LogP contribution in [0.4, 0.5) is 14.6 Å². The van der Waals surface area contributed by atoms with Crippen LogP contribution in [0.15, 0.2) is 63.7 Å². The molecule has 10 heteroatoms. The maximum atomic E-state index is 14.0. The van der Waals surface area contributed by atoms with Gasteiger partial charge >= 0.3 is 0 Å². The number of nitrogens with two attached hydrogens (primary N) is 1. The zero-order valence-corrected chi connectivity index (χ0v) is 24.1. The molecule has 2 aromatic heterocycles. The molecule has 1 aliphatic carbocycles. The third-order valence-electron chi connectivity index (χ3n) is 6.39. The first kappa shape index (κ1) is 31.1. The Morgan fingerprint density at radius 2 is 1.93 bits per heavy atom. The summed E-state index contributed by atoms with van der Waals surface area (Å²) < 4.78 is 32.8. The molecule has 0 spiro atoms. The number of carbonyl (C=O) groups excluding carboxylic acids is 1. The fourth-order valence-corrected chi connectivity index (χ4v) is 3.75. The third kappa shape index (κ3) is 9.06. The van der Waals surface area contributed by atoms with Crippen molar-refractivity contribution in [3.63, 3.8) is 0 Å². The number of allylic oxidation sites excluding steroid dienone is 4. The maximum absolute atomic E-state index is 14.0. The van der Waals surface area contributed by atoms with E-state index < -0.39 is 23.0 Å². The van der Waals surface area contributed by atoms with Crippen LogP contribution in [0.5, 0.6) is 0 Å². The first-order valence-electron chi connectivity index (χ1n) is 13.0. The summed E-state index contributed by atoms with van der Waals surface area (Å²) in [6, 6.07) is 2.64. The monoisotopic (exact) mass is 572 g/mol. The lowest BCUT2D eigenvalue weighted by molar-refractivity contribution is -0.113. The smallest absolute Gasteiger partial charge is 0.174 e. The Kier molecular flexibility index (Phi) is 10.3. The number of aromatic nitrogens is 2. The van der Waals surface area contributed by atoms with Gasteiger partial charge in [0.25, 0.3) is 0 Å². The van der Waals surface area contributed by atoms with E-state index in [-0.39, 0.29) is 23.1 Å². The highest BCUT2D eigenvalue weighted by Crippen LogP contribution is 2.33. The number of carbonyl (C=O) groups is 1. The molecule has 3 rings (SSSR count). The summed E-state index contributed by atoms with van der Waals surface area (Å²) in [5.41, 5.74) is 8.88. The topological polar surface area (TPSA) is 111 Å². The molecule has 1 saturated carbocycles. The summed E-state index contributed by atoms with van der Waals surface area (Å²) in [5.74, 6) is -1.12. The summed E-state index contributed by atoms with van der Waals surface area (Å²) >= 11 is 6.20. The number of aliphatic imine (C=N–C) groups is 1. The van der Waals surface area contributed by atoms with E-state index >= 15 is 0 Å². The van der Waals surface area contributed by atoms with Crippen molar-refractivity contribution < 1.29 is 23.4 Å². The zero-order chi connectivity index (χ0) is 29.6. The van der Waals surface area contributed by atoms with Gasteiger partial charge in [-0.2, -0.15) is 0 Å². The minimum absolute atomic E-state index is 0.0826. The number of halogens is 3. The highest BCUT2D eigenvalue weighted by Gasteiger charge is 2.28. The zero-order valence-electron chi connectivity index (χ0n) is 23.4. The number of ketones is 1. The highest BCUT2D eigenvalue weighted by molar-refractivity contribution is 6.42. The lowest BCUT2D eigenvalue weighted by Gasteiger charge is -2.18. The summed E-state index contributed by atoms with van der Waals surface area (Å²) in [4.78, 5) is 24.8. The molecule has 214 valence electrons. The molecule has 1 aliphatic rings. The lowest BCUT2D eigenvalue weighted by atomic mass is 10.0. The van der Waals surface area contributed by atoms with E-state index in [1.54, 1.807) is 32.2 Å². The average molecular weight is 573 g/mol. The Hall–Kier alpha value is -3.43. The molecule has 0 saturated heterocycles. The number of hydrogen-bond acceptors (Lipinski definition) is 7. The van der Waals surface area contributed by atoms with Crippen molar-refractivity contribution in [2.45, 2.75) is 72.5 Å². The van der Waals surface area contributed by atoms with Gasteiger partial charge in [-0.1, -0.05) is 17.2 Å². The predicted octanol–water partition coefficient (Wildman–Crippen LogP) is 6.29. The van der Waals surface area contributed by atoms with E-state index in [0.29, 0.717) is 36.3 Å². The summed E-state index contributed by atoms with van der Waals surface area (Å²) in [6.07, 6.45) is 9.32. The number of Topliss-reactive ketones (excluding diaryl/α,β-unsaturated/α-hetero) is 1. The van der Waals surface area contributed by atoms with Gasteiger partial charge < -0.3 is 15.6 Å². The molecule has 3 N–H and O–H groups in total. The summed E-state index contributed by atoms with van der Waals surface area (Å²) in [6.45, 7) is 8.08. The Morgan fingerprint density at radius 1 is 1.23 bits per heavy atom. The summed E-state index contributed by atoms with van der Waals surface area (Å²) in [5, 5.41) is 10.1. The number of nitrogens with zero attached hydrogens (tertiary/aromatic N) is 3. The van der Waals surface area contributed by atoms with Gasteiger partial charge in [-0.3, -0.25) is 9.78 Å². The molecule has 0 aromatic carbocycles. The number of aliphatic hydroxyl groups is 1. The van der Waals surface area contributed by atoms with Crippen molar-refractivity contribution in [2.75, 3.05) is 0 Å². The van der Waals surface area contributed by atoms with Crippen LogP contribution in [-0.4, -0.2) is 32.2 Å². The first-order valence-corrected chi connectivity index (χ1v) is 13.4. The van der Waals surface area contributed by atoms with Gasteiger partial charge in [0.1, 0.15) is 28.9 Å². The molecule has 0 radical (unpaired) electrons. The second-order valence-corrected chi connectivity index (χ2v) is 10.9. The minimum atomic E-state index is -1.14. The fourth-order valence-electron chi connectivity index (χ4n) is 3.64. The quantitative estimate of drug-likeness (QED) is 0.134. The van der Waals surface area contributed by atoms with Gasteiger partial charge in [0.05, 0.1) is 11.8 Å². The van der Waals surface area contributed by atoms with Crippen molar-refractivity contribution >= 4 is 28.9 Å². The number of hydrogen-bond donors (Lipinski definition) is 2. The standard InChI is InChI=1S/C30H35ClF2N4O3/c1-17(10-26(29(31)19(3)38)40-16-25-23(33)12-22(32)15-35-25)6-7-21-11-28(36-14-18(21)2)37-24(20-8-9-20)13-27(34)30(4,5)39/h10-15,20,39H,6-9,16,34H2,1-5H3/b17-10-,27-13-,29-26-,37-24?. The fraction of sp³-hybridized carbons (Fsp3) is 0.400. The molecular formula is C30H35ClF2N4O3. The molecule has 1 fully saturated rings. The van der Waals surface area contributed by atoms with Crippen LogP contribution < -0.4 is 5.73 Å². The largest absolute Gasteiger partial charge is 0.485 e. The van der Waals surface area contributed by atoms with Gasteiger partial charge in [0.2, 0.25) is 0 Å². The molecule has 0 unspecified atom stereocenters. The number of aryl methyl sites for hydroxylation is 2. The maximum Gasteiger partial charge on any atom is 0.174 e. The molecule has 2 heterocycles. The molecule has 0 aliphatic heterocycles. The van der Waals surface area contributed by atoms with Crippen molar-refractivity contribution in [2.24, 2.45) is 16.6 Å². The van der Waals surface area contributed by atoms with E-state index in [1.165, 1.54) is 6.92 Å². The molecular weight excluding hydrogens is 538 g/mol.